The van der Waals surface area contributed by atoms with Crippen LogP contribution in [0.4, 0.5) is 22.0 Å². The molecule has 5 N–H and O–H groups in total. The van der Waals surface area contributed by atoms with E-state index in [-0.39, 0.29) is 35.4 Å². The van der Waals surface area contributed by atoms with Crippen LogP contribution in [0.15, 0.2) is 48.5 Å². The lowest BCUT2D eigenvalue weighted by Crippen LogP contribution is -2.54. The van der Waals surface area contributed by atoms with E-state index in [4.69, 9.17) is 5.73 Å². The molecule has 2 aromatic carbocycles. The summed E-state index contributed by atoms with van der Waals surface area (Å²) < 4.78 is 93.7. The quantitative estimate of drug-likeness (QED) is 0.180. The highest BCUT2D eigenvalue weighted by atomic mass is 32.2. The van der Waals surface area contributed by atoms with Gasteiger partial charge in [-0.15, -0.1) is 0 Å². The Morgan fingerprint density at radius 1 is 1.09 bits per heavy atom. The predicted molar refractivity (Wildman–Crippen MR) is 159 cm³/mol. The van der Waals surface area contributed by atoms with Crippen molar-refractivity contribution in [1.29, 1.82) is 0 Å². The molecular weight excluding hydrogens is 637 g/mol. The molecule has 3 rings (SSSR count). The Balaban J connectivity index is 1.97. The fraction of sp³-hybridized carbons (Fsp3) is 0.433. The molecule has 3 aromatic rings. The smallest absolute Gasteiger partial charge is 0.390 e. The summed E-state index contributed by atoms with van der Waals surface area (Å²) in [6.45, 7) is 2.19. The van der Waals surface area contributed by atoms with Gasteiger partial charge in [-0.05, 0) is 61.2 Å². The Labute approximate surface area is 263 Å². The number of hydrogen-bond donors (Lipinski definition) is 4. The third kappa shape index (κ3) is 10.9. The third-order valence-electron chi connectivity index (χ3n) is 7.02. The number of benzene rings is 2. The molecule has 252 valence electrons. The number of rotatable bonds is 15. The van der Waals surface area contributed by atoms with Crippen molar-refractivity contribution in [2.45, 2.75) is 64.0 Å². The van der Waals surface area contributed by atoms with Crippen LogP contribution in [0.25, 0.3) is 0 Å². The number of aromatic amines is 1. The van der Waals surface area contributed by atoms with Gasteiger partial charge in [-0.2, -0.15) is 18.3 Å². The zero-order valence-corrected chi connectivity index (χ0v) is 26.0. The molecule has 46 heavy (non-hydrogen) atoms. The van der Waals surface area contributed by atoms with E-state index in [9.17, 15) is 45.1 Å². The van der Waals surface area contributed by atoms with Crippen molar-refractivity contribution in [3.8, 4) is 0 Å². The lowest BCUT2D eigenvalue weighted by molar-refractivity contribution is -0.137. The number of aliphatic hydroxyl groups excluding tert-OH is 1. The molecule has 0 aliphatic carbocycles. The van der Waals surface area contributed by atoms with Crippen molar-refractivity contribution in [3.63, 3.8) is 0 Å². The van der Waals surface area contributed by atoms with Crippen LogP contribution in [0.5, 0.6) is 0 Å². The van der Waals surface area contributed by atoms with Gasteiger partial charge in [0.2, 0.25) is 5.91 Å². The van der Waals surface area contributed by atoms with Gasteiger partial charge in [0, 0.05) is 25.2 Å². The molecule has 0 bridgehead atoms. The molecule has 3 atom stereocenters. The molecule has 0 spiro atoms. The van der Waals surface area contributed by atoms with Gasteiger partial charge in [0.25, 0.3) is 5.91 Å². The zero-order valence-electron chi connectivity index (χ0n) is 25.2. The largest absolute Gasteiger partial charge is 0.416 e. The van der Waals surface area contributed by atoms with Crippen molar-refractivity contribution in [2.75, 3.05) is 18.1 Å². The molecular formula is C30H36F5N5O5S. The molecule has 16 heteroatoms. The number of aliphatic hydroxyl groups is 1. The highest BCUT2D eigenvalue weighted by Gasteiger charge is 2.34. The summed E-state index contributed by atoms with van der Waals surface area (Å²) in [5.41, 5.74) is 5.54. The van der Waals surface area contributed by atoms with Crippen LogP contribution >= 0.6 is 0 Å². The SMILES string of the molecule is CCCCS(=O)(=O)C[C@@H](NC(=O)c1cc(C)n[nH]1)C(=O)N(Cc1cccc(C(F)(F)F)c1)C[C@@H](O)[C@@H](N)Cc1cc(F)cc(F)c1. The van der Waals surface area contributed by atoms with Gasteiger partial charge in [0.1, 0.15) is 23.4 Å². The number of nitrogens with one attached hydrogen (secondary N) is 2. The second-order valence-electron chi connectivity index (χ2n) is 11.0. The minimum absolute atomic E-state index is 0.0146. The number of nitrogens with zero attached hydrogens (tertiary/aromatic N) is 2. The van der Waals surface area contributed by atoms with Crippen LogP contribution in [0.3, 0.4) is 0 Å². The van der Waals surface area contributed by atoms with E-state index in [2.05, 4.69) is 15.5 Å². The topological polar surface area (TPSA) is 158 Å². The molecule has 2 amide bonds. The average molecular weight is 674 g/mol. The van der Waals surface area contributed by atoms with Crippen molar-refractivity contribution in [3.05, 3.63) is 88.2 Å². The number of unbranched alkanes of at least 4 members (excludes halogenated alkanes) is 1. The first-order valence-electron chi connectivity index (χ1n) is 14.3. The van der Waals surface area contributed by atoms with Gasteiger partial charge >= 0.3 is 6.18 Å². The Morgan fingerprint density at radius 3 is 2.35 bits per heavy atom. The number of aromatic nitrogens is 2. The predicted octanol–water partition coefficient (Wildman–Crippen LogP) is 3.29. The maximum atomic E-state index is 14.0. The van der Waals surface area contributed by atoms with Gasteiger partial charge < -0.3 is 21.1 Å². The summed E-state index contributed by atoms with van der Waals surface area (Å²) in [6.07, 6.45) is -5.74. The van der Waals surface area contributed by atoms with E-state index < -0.39 is 82.1 Å². The Bertz CT molecular complexity index is 1590. The van der Waals surface area contributed by atoms with E-state index in [1.807, 2.05) is 0 Å². The molecule has 0 aliphatic rings. The van der Waals surface area contributed by atoms with Gasteiger partial charge in [0.05, 0.1) is 28.9 Å². The molecule has 0 saturated heterocycles. The molecule has 1 heterocycles. The van der Waals surface area contributed by atoms with E-state index in [0.29, 0.717) is 18.2 Å². The van der Waals surface area contributed by atoms with Crippen LogP contribution in [0.2, 0.25) is 0 Å². The fourth-order valence-corrected chi connectivity index (χ4v) is 6.30. The second-order valence-corrected chi connectivity index (χ2v) is 13.3. The van der Waals surface area contributed by atoms with Crippen molar-refractivity contribution in [2.24, 2.45) is 5.73 Å². The van der Waals surface area contributed by atoms with Crippen molar-refractivity contribution in [1.82, 2.24) is 20.4 Å². The summed E-state index contributed by atoms with van der Waals surface area (Å²) in [5, 5.41) is 19.7. The number of nitrogens with two attached hydrogens (primary N) is 1. The first-order valence-corrected chi connectivity index (χ1v) is 16.2. The maximum Gasteiger partial charge on any atom is 0.416 e. The second kappa shape index (κ2) is 15.6. The number of H-pyrrole nitrogens is 1. The molecule has 0 unspecified atom stereocenters. The zero-order chi connectivity index (χ0) is 34.2. The minimum atomic E-state index is -4.71. The lowest BCUT2D eigenvalue weighted by Gasteiger charge is -2.31. The molecule has 1 aromatic heterocycles. The summed E-state index contributed by atoms with van der Waals surface area (Å²) in [5.74, 6) is -4.78. The van der Waals surface area contributed by atoms with Crippen LogP contribution in [-0.4, -0.2) is 76.7 Å². The Hall–Kier alpha value is -3.89. The van der Waals surface area contributed by atoms with Gasteiger partial charge in [-0.3, -0.25) is 14.7 Å². The number of sulfone groups is 1. The van der Waals surface area contributed by atoms with E-state index in [0.717, 1.165) is 35.2 Å². The number of halogens is 5. The summed E-state index contributed by atoms with van der Waals surface area (Å²) in [4.78, 5) is 27.9. The number of alkyl halides is 3. The summed E-state index contributed by atoms with van der Waals surface area (Å²) in [7, 11) is -3.93. The molecule has 0 saturated carbocycles. The maximum absolute atomic E-state index is 14.0. The first-order chi connectivity index (χ1) is 21.5. The van der Waals surface area contributed by atoms with Crippen LogP contribution < -0.4 is 11.1 Å². The van der Waals surface area contributed by atoms with Crippen LogP contribution in [-0.2, 0) is 33.8 Å². The molecule has 0 fully saturated rings. The molecule has 10 nitrogen and oxygen atoms in total. The number of hydrogen-bond acceptors (Lipinski definition) is 7. The molecule has 0 radical (unpaired) electrons. The highest BCUT2D eigenvalue weighted by Crippen LogP contribution is 2.30. The third-order valence-corrected chi connectivity index (χ3v) is 8.77. The molecule has 0 aliphatic heterocycles. The average Bonchev–Trinajstić information content (AvgIpc) is 3.40. The standard InChI is InChI=1S/C30H36F5N5O5S/c1-3-4-8-46(44,45)17-26(37-28(42)25-9-18(2)38-39-25)29(43)40(15-19-6-5-7-21(10-19)30(33,34)35)16-27(41)24(36)13-20-11-22(31)14-23(32)12-20/h5-7,9-12,14,24,26-27,41H,3-4,8,13,15-17,36H2,1-2H3,(H,37,42)(H,38,39)/t24-,26+,27+/m0/s1. The van der Waals surface area contributed by atoms with E-state index in [1.165, 1.54) is 12.1 Å². The normalized spacial score (nSPS) is 14.0. The minimum Gasteiger partial charge on any atom is -0.390 e. The van der Waals surface area contributed by atoms with Crippen molar-refractivity contribution < 1.29 is 45.1 Å². The first kappa shape index (κ1) is 36.6. The Morgan fingerprint density at radius 2 is 1.76 bits per heavy atom. The van der Waals surface area contributed by atoms with Gasteiger partial charge in [0.15, 0.2) is 9.84 Å². The monoisotopic (exact) mass is 673 g/mol. The fourth-order valence-electron chi connectivity index (χ4n) is 4.67. The number of carbonyl (C=O) groups excluding carboxylic acids is 2. The number of carbonyl (C=O) groups is 2. The summed E-state index contributed by atoms with van der Waals surface area (Å²) in [6, 6.07) is 5.13. The summed E-state index contributed by atoms with van der Waals surface area (Å²) >= 11 is 0. The number of amides is 2. The van der Waals surface area contributed by atoms with Crippen LogP contribution in [0.1, 0.15) is 52.6 Å². The lowest BCUT2D eigenvalue weighted by atomic mass is 10.0. The van der Waals surface area contributed by atoms with Crippen molar-refractivity contribution >= 4 is 21.7 Å². The van der Waals surface area contributed by atoms with Gasteiger partial charge in [-0.1, -0.05) is 25.5 Å². The Kier molecular flexibility index (Phi) is 12.4. The van der Waals surface area contributed by atoms with E-state index in [1.54, 1.807) is 13.8 Å². The highest BCUT2D eigenvalue weighted by molar-refractivity contribution is 7.91. The number of aryl methyl sites for hydroxylation is 1. The van der Waals surface area contributed by atoms with Crippen LogP contribution in [0, 0.1) is 18.6 Å². The van der Waals surface area contributed by atoms with E-state index >= 15 is 0 Å². The van der Waals surface area contributed by atoms with Gasteiger partial charge in [-0.25, -0.2) is 17.2 Å².